The number of halogens is 1. The standard InChI is InChI=1S/C19H26N4S.HI/c1-4-20-18(21-12-17-23-14(2)15(3)24-17)22-13-19(10-11-19)16-8-6-5-7-9-16;/h5-9H,4,10-13H2,1-3H3,(H2,20,21,22);1H. The average molecular weight is 470 g/mol. The first kappa shape index (κ1) is 20.2. The molecule has 4 nitrogen and oxygen atoms in total. The lowest BCUT2D eigenvalue weighted by Crippen LogP contribution is -2.41. The number of hydrogen-bond donors (Lipinski definition) is 2. The fourth-order valence-corrected chi connectivity index (χ4v) is 3.72. The fraction of sp³-hybridized carbons (Fsp3) is 0.474. The van der Waals surface area contributed by atoms with Crippen molar-refractivity contribution in [2.75, 3.05) is 13.1 Å². The van der Waals surface area contributed by atoms with Crippen molar-refractivity contribution in [2.45, 2.75) is 45.6 Å². The molecule has 1 aromatic heterocycles. The molecule has 0 radical (unpaired) electrons. The van der Waals surface area contributed by atoms with Crippen molar-refractivity contribution in [3.05, 3.63) is 51.5 Å². The highest BCUT2D eigenvalue weighted by Crippen LogP contribution is 2.47. The van der Waals surface area contributed by atoms with E-state index in [1.54, 1.807) is 11.3 Å². The first-order valence-corrected chi connectivity index (χ1v) is 9.45. The molecule has 1 aliphatic rings. The van der Waals surface area contributed by atoms with E-state index < -0.39 is 0 Å². The zero-order valence-electron chi connectivity index (χ0n) is 15.1. The molecule has 1 fully saturated rings. The van der Waals surface area contributed by atoms with E-state index >= 15 is 0 Å². The molecule has 1 saturated carbocycles. The van der Waals surface area contributed by atoms with Gasteiger partial charge in [-0.3, -0.25) is 0 Å². The Kier molecular flexibility index (Phi) is 7.25. The maximum atomic E-state index is 4.71. The van der Waals surface area contributed by atoms with Crippen LogP contribution in [0.25, 0.3) is 0 Å². The van der Waals surface area contributed by atoms with E-state index in [0.29, 0.717) is 6.54 Å². The van der Waals surface area contributed by atoms with Crippen molar-refractivity contribution < 1.29 is 0 Å². The molecule has 1 heterocycles. The quantitative estimate of drug-likeness (QED) is 0.379. The van der Waals surface area contributed by atoms with Crippen molar-refractivity contribution in [1.82, 2.24) is 15.6 Å². The maximum Gasteiger partial charge on any atom is 0.191 e. The van der Waals surface area contributed by atoms with E-state index in [1.165, 1.54) is 23.3 Å². The molecule has 0 unspecified atom stereocenters. The van der Waals surface area contributed by atoms with Gasteiger partial charge in [-0.1, -0.05) is 30.3 Å². The van der Waals surface area contributed by atoms with Gasteiger partial charge < -0.3 is 10.6 Å². The zero-order chi connectivity index (χ0) is 17.0. The van der Waals surface area contributed by atoms with Crippen LogP contribution in [0.4, 0.5) is 0 Å². The maximum absolute atomic E-state index is 4.71. The van der Waals surface area contributed by atoms with Crippen LogP contribution in [0.15, 0.2) is 35.3 Å². The van der Waals surface area contributed by atoms with E-state index in [1.807, 2.05) is 0 Å². The minimum atomic E-state index is 0. The molecule has 2 aromatic rings. The summed E-state index contributed by atoms with van der Waals surface area (Å²) in [7, 11) is 0. The van der Waals surface area contributed by atoms with Crippen LogP contribution in [-0.4, -0.2) is 24.0 Å². The SMILES string of the molecule is CCNC(=NCc1nc(C)c(C)s1)NCC1(c2ccccc2)CC1.I. The molecule has 0 bridgehead atoms. The number of guanidine groups is 1. The van der Waals surface area contributed by atoms with Crippen molar-refractivity contribution in [2.24, 2.45) is 4.99 Å². The molecule has 136 valence electrons. The van der Waals surface area contributed by atoms with E-state index in [4.69, 9.17) is 4.99 Å². The Bertz CT molecular complexity index is 688. The molecular weight excluding hydrogens is 443 g/mol. The van der Waals surface area contributed by atoms with Crippen LogP contribution in [0, 0.1) is 13.8 Å². The number of benzene rings is 1. The molecule has 2 N–H and O–H groups in total. The van der Waals surface area contributed by atoms with Crippen LogP contribution in [-0.2, 0) is 12.0 Å². The minimum Gasteiger partial charge on any atom is -0.357 e. The van der Waals surface area contributed by atoms with Gasteiger partial charge in [0.25, 0.3) is 0 Å². The van der Waals surface area contributed by atoms with Gasteiger partial charge in [0.1, 0.15) is 5.01 Å². The molecule has 6 heteroatoms. The predicted molar refractivity (Wildman–Crippen MR) is 117 cm³/mol. The topological polar surface area (TPSA) is 49.3 Å². The van der Waals surface area contributed by atoms with Gasteiger partial charge >= 0.3 is 0 Å². The number of rotatable bonds is 6. The van der Waals surface area contributed by atoms with Gasteiger partial charge in [-0.2, -0.15) is 0 Å². The Morgan fingerprint density at radius 3 is 2.48 bits per heavy atom. The van der Waals surface area contributed by atoms with Gasteiger partial charge in [0.2, 0.25) is 0 Å². The first-order chi connectivity index (χ1) is 11.6. The number of aliphatic imine (C=N–C) groups is 1. The normalized spacial score (nSPS) is 15.4. The largest absolute Gasteiger partial charge is 0.357 e. The van der Waals surface area contributed by atoms with Crippen LogP contribution in [0.1, 0.15) is 40.9 Å². The third-order valence-electron chi connectivity index (χ3n) is 4.62. The summed E-state index contributed by atoms with van der Waals surface area (Å²) < 4.78 is 0. The van der Waals surface area contributed by atoms with Crippen molar-refractivity contribution in [3.63, 3.8) is 0 Å². The fourth-order valence-electron chi connectivity index (χ4n) is 2.86. The van der Waals surface area contributed by atoms with Gasteiger partial charge in [0.05, 0.1) is 12.2 Å². The summed E-state index contributed by atoms with van der Waals surface area (Å²) in [6, 6.07) is 10.8. The van der Waals surface area contributed by atoms with Gasteiger partial charge in [-0.25, -0.2) is 9.98 Å². The summed E-state index contributed by atoms with van der Waals surface area (Å²) in [5.74, 6) is 0.880. The zero-order valence-corrected chi connectivity index (χ0v) is 18.3. The van der Waals surface area contributed by atoms with E-state index in [0.717, 1.165) is 29.8 Å². The number of aryl methyl sites for hydroxylation is 2. The third kappa shape index (κ3) is 5.17. The van der Waals surface area contributed by atoms with Crippen LogP contribution in [0.5, 0.6) is 0 Å². The van der Waals surface area contributed by atoms with Crippen molar-refractivity contribution in [3.8, 4) is 0 Å². The second-order valence-corrected chi connectivity index (χ2v) is 7.73. The van der Waals surface area contributed by atoms with Gasteiger partial charge in [0.15, 0.2) is 5.96 Å². The Balaban J connectivity index is 0.00000225. The van der Waals surface area contributed by atoms with Gasteiger partial charge in [0, 0.05) is 23.4 Å². The Hall–Kier alpha value is -1.15. The number of hydrogen-bond acceptors (Lipinski definition) is 3. The van der Waals surface area contributed by atoms with Crippen molar-refractivity contribution >= 4 is 41.3 Å². The molecular formula is C19H27IN4S. The monoisotopic (exact) mass is 470 g/mol. The first-order valence-electron chi connectivity index (χ1n) is 8.63. The Morgan fingerprint density at radius 1 is 1.20 bits per heavy atom. The minimum absolute atomic E-state index is 0. The molecule has 0 aliphatic heterocycles. The summed E-state index contributed by atoms with van der Waals surface area (Å²) in [6.07, 6.45) is 2.49. The molecule has 0 saturated heterocycles. The predicted octanol–water partition coefficient (Wildman–Crippen LogP) is 4.16. The highest BCUT2D eigenvalue weighted by Gasteiger charge is 2.43. The van der Waals surface area contributed by atoms with Gasteiger partial charge in [-0.15, -0.1) is 35.3 Å². The smallest absolute Gasteiger partial charge is 0.191 e. The summed E-state index contributed by atoms with van der Waals surface area (Å²) >= 11 is 1.73. The Morgan fingerprint density at radius 2 is 1.92 bits per heavy atom. The van der Waals surface area contributed by atoms with E-state index in [9.17, 15) is 0 Å². The van der Waals surface area contributed by atoms with Crippen LogP contribution >= 0.6 is 35.3 Å². The highest BCUT2D eigenvalue weighted by molar-refractivity contribution is 14.0. The molecule has 1 aromatic carbocycles. The highest BCUT2D eigenvalue weighted by atomic mass is 127. The Labute approximate surface area is 171 Å². The van der Waals surface area contributed by atoms with E-state index in [-0.39, 0.29) is 29.4 Å². The summed E-state index contributed by atoms with van der Waals surface area (Å²) in [6.45, 7) is 8.68. The van der Waals surface area contributed by atoms with Crippen LogP contribution in [0.3, 0.4) is 0 Å². The lowest BCUT2D eigenvalue weighted by molar-refractivity contribution is 0.646. The summed E-state index contributed by atoms with van der Waals surface area (Å²) in [5.41, 5.74) is 2.83. The van der Waals surface area contributed by atoms with Gasteiger partial charge in [-0.05, 0) is 39.2 Å². The summed E-state index contributed by atoms with van der Waals surface area (Å²) in [4.78, 5) is 10.5. The van der Waals surface area contributed by atoms with E-state index in [2.05, 4.69) is 66.7 Å². The second kappa shape index (κ2) is 8.98. The lowest BCUT2D eigenvalue weighted by Gasteiger charge is -2.19. The second-order valence-electron chi connectivity index (χ2n) is 6.44. The number of nitrogens with one attached hydrogen (secondary N) is 2. The van der Waals surface area contributed by atoms with Crippen molar-refractivity contribution in [1.29, 1.82) is 0 Å². The third-order valence-corrected chi connectivity index (χ3v) is 5.68. The molecule has 0 amide bonds. The average Bonchev–Trinajstić information content (AvgIpc) is 3.32. The van der Waals surface area contributed by atoms with Crippen LogP contribution in [0.2, 0.25) is 0 Å². The number of thiazole rings is 1. The lowest BCUT2D eigenvalue weighted by atomic mass is 9.96. The number of aromatic nitrogens is 1. The molecule has 1 aliphatic carbocycles. The van der Waals surface area contributed by atoms with Crippen LogP contribution < -0.4 is 10.6 Å². The summed E-state index contributed by atoms with van der Waals surface area (Å²) in [5, 5.41) is 7.95. The molecule has 25 heavy (non-hydrogen) atoms. The number of nitrogens with zero attached hydrogens (tertiary/aromatic N) is 2. The molecule has 3 rings (SSSR count). The molecule has 0 atom stereocenters. The molecule has 0 spiro atoms.